The molecular formula is C29H32N6O3. The Hall–Kier alpha value is -4.76. The average Bonchev–Trinajstić information content (AvgIpc) is 3.13. The number of carbonyl (C=O) groups excluding carboxylic acids is 2. The standard InChI is InChI=1S/C29H32N6O3/c1-5-11-24-26(27(30)37)28(35(7-3)23-15-9-8-12-20(18-23)16-17-38-4)34-29(33-24)32-22-14-10-13-21(19-22)31-25(36)6-2/h5-7,9-10,12-15,18-19H,1-3,8,11,16-17H2,4H3,(H2,30,37)(H,31,36)(H,32,33,34). The molecule has 2 amide bonds. The fraction of sp³-hybridized carbons (Fsp3) is 0.172. The van der Waals surface area contributed by atoms with E-state index in [-0.39, 0.29) is 29.7 Å². The molecule has 9 heteroatoms. The van der Waals surface area contributed by atoms with Gasteiger partial charge in [0.25, 0.3) is 5.91 Å². The number of nitrogens with zero attached hydrogens (tertiary/aromatic N) is 3. The summed E-state index contributed by atoms with van der Waals surface area (Å²) >= 11 is 0. The summed E-state index contributed by atoms with van der Waals surface area (Å²) in [6.45, 7) is 11.8. The van der Waals surface area contributed by atoms with Crippen LogP contribution >= 0.6 is 0 Å². The maximum absolute atomic E-state index is 12.7. The molecule has 196 valence electrons. The van der Waals surface area contributed by atoms with Crippen molar-refractivity contribution in [3.63, 3.8) is 0 Å². The molecule has 1 aromatic carbocycles. The van der Waals surface area contributed by atoms with E-state index in [0.717, 1.165) is 24.1 Å². The summed E-state index contributed by atoms with van der Waals surface area (Å²) in [5, 5.41) is 5.88. The first-order chi connectivity index (χ1) is 18.4. The lowest BCUT2D eigenvalue weighted by Gasteiger charge is -2.24. The maximum atomic E-state index is 12.7. The largest absolute Gasteiger partial charge is 0.384 e. The van der Waals surface area contributed by atoms with Crippen LogP contribution in [-0.2, 0) is 16.0 Å². The Morgan fingerprint density at radius 1 is 1.21 bits per heavy atom. The molecule has 0 bridgehead atoms. The van der Waals surface area contributed by atoms with Crippen molar-refractivity contribution in [2.24, 2.45) is 5.73 Å². The van der Waals surface area contributed by atoms with Gasteiger partial charge in [-0.15, -0.1) is 6.58 Å². The van der Waals surface area contributed by atoms with Crippen LogP contribution in [0.1, 0.15) is 28.9 Å². The van der Waals surface area contributed by atoms with Gasteiger partial charge in [0.05, 0.1) is 12.3 Å². The Kier molecular flexibility index (Phi) is 9.90. The SMILES string of the molecule is C=CCc1nc(Nc2cccc(NC(=O)C=C)c2)nc(N(C=C)C2=CC(CCOC)=CCC=C2)c1C(N)=O. The molecule has 0 saturated carbocycles. The molecule has 0 spiro atoms. The van der Waals surface area contributed by atoms with Crippen LogP contribution in [0.2, 0.25) is 0 Å². The number of rotatable bonds is 13. The first-order valence-electron chi connectivity index (χ1n) is 12.0. The number of ether oxygens (including phenoxy) is 1. The smallest absolute Gasteiger partial charge is 0.254 e. The van der Waals surface area contributed by atoms with Gasteiger partial charge in [0, 0.05) is 36.8 Å². The third-order valence-corrected chi connectivity index (χ3v) is 5.54. The number of methoxy groups -OCH3 is 1. The summed E-state index contributed by atoms with van der Waals surface area (Å²) in [5.41, 5.74) is 9.43. The van der Waals surface area contributed by atoms with Gasteiger partial charge >= 0.3 is 0 Å². The first kappa shape index (κ1) is 27.8. The fourth-order valence-corrected chi connectivity index (χ4v) is 3.82. The van der Waals surface area contributed by atoms with Crippen LogP contribution in [0.5, 0.6) is 0 Å². The monoisotopic (exact) mass is 512 g/mol. The molecule has 1 aliphatic rings. The second-order valence-corrected chi connectivity index (χ2v) is 8.23. The van der Waals surface area contributed by atoms with Gasteiger partial charge in [0.1, 0.15) is 5.56 Å². The van der Waals surface area contributed by atoms with Crippen molar-refractivity contribution in [1.82, 2.24) is 9.97 Å². The van der Waals surface area contributed by atoms with Gasteiger partial charge in [-0.3, -0.25) is 9.59 Å². The molecule has 2 aromatic rings. The maximum Gasteiger partial charge on any atom is 0.254 e. The number of nitrogens with two attached hydrogens (primary N) is 1. The summed E-state index contributed by atoms with van der Waals surface area (Å²) in [6, 6.07) is 7.05. The summed E-state index contributed by atoms with van der Waals surface area (Å²) in [6.07, 6.45) is 14.3. The molecule has 4 N–H and O–H groups in total. The van der Waals surface area contributed by atoms with Crippen molar-refractivity contribution < 1.29 is 14.3 Å². The van der Waals surface area contributed by atoms with E-state index in [1.807, 2.05) is 18.2 Å². The molecule has 0 aliphatic heterocycles. The molecule has 38 heavy (non-hydrogen) atoms. The number of anilines is 4. The third-order valence-electron chi connectivity index (χ3n) is 5.54. The van der Waals surface area contributed by atoms with E-state index in [1.165, 1.54) is 6.08 Å². The molecule has 3 rings (SSSR count). The molecular weight excluding hydrogens is 480 g/mol. The van der Waals surface area contributed by atoms with Crippen LogP contribution in [0.4, 0.5) is 23.1 Å². The number of hydrogen-bond acceptors (Lipinski definition) is 7. The summed E-state index contributed by atoms with van der Waals surface area (Å²) in [4.78, 5) is 35.3. The Morgan fingerprint density at radius 2 is 2.00 bits per heavy atom. The average molecular weight is 513 g/mol. The van der Waals surface area contributed by atoms with E-state index in [4.69, 9.17) is 10.5 Å². The predicted molar refractivity (Wildman–Crippen MR) is 152 cm³/mol. The number of hydrogen-bond donors (Lipinski definition) is 3. The number of primary amides is 1. The van der Waals surface area contributed by atoms with Crippen molar-refractivity contribution in [3.05, 3.63) is 109 Å². The minimum Gasteiger partial charge on any atom is -0.384 e. The Labute approximate surface area is 222 Å². The highest BCUT2D eigenvalue weighted by Crippen LogP contribution is 2.30. The Balaban J connectivity index is 2.10. The molecule has 0 saturated heterocycles. The normalized spacial score (nSPS) is 12.4. The number of aromatic nitrogens is 2. The molecule has 0 atom stereocenters. The zero-order valence-electron chi connectivity index (χ0n) is 21.4. The minimum absolute atomic E-state index is 0.170. The van der Waals surface area contributed by atoms with Gasteiger partial charge in [-0.25, -0.2) is 4.98 Å². The quantitative estimate of drug-likeness (QED) is 0.257. The highest BCUT2D eigenvalue weighted by atomic mass is 16.5. The van der Waals surface area contributed by atoms with Crippen LogP contribution in [0.25, 0.3) is 0 Å². The summed E-state index contributed by atoms with van der Waals surface area (Å²) < 4.78 is 5.24. The molecule has 0 radical (unpaired) electrons. The van der Waals surface area contributed by atoms with Crippen molar-refractivity contribution in [2.75, 3.05) is 29.3 Å². The van der Waals surface area contributed by atoms with Crippen molar-refractivity contribution in [3.8, 4) is 0 Å². The van der Waals surface area contributed by atoms with Crippen LogP contribution < -0.4 is 21.3 Å². The lowest BCUT2D eigenvalue weighted by Crippen LogP contribution is -2.25. The number of carbonyl (C=O) groups is 2. The molecule has 0 fully saturated rings. The third kappa shape index (κ3) is 7.14. The molecule has 9 nitrogen and oxygen atoms in total. The predicted octanol–water partition coefficient (Wildman–Crippen LogP) is 4.93. The second kappa shape index (κ2) is 13.5. The van der Waals surface area contributed by atoms with Crippen molar-refractivity contribution >= 4 is 35.0 Å². The van der Waals surface area contributed by atoms with E-state index in [1.54, 1.807) is 48.6 Å². The van der Waals surface area contributed by atoms with E-state index < -0.39 is 5.91 Å². The summed E-state index contributed by atoms with van der Waals surface area (Å²) in [7, 11) is 1.66. The lowest BCUT2D eigenvalue weighted by molar-refractivity contribution is -0.111. The van der Waals surface area contributed by atoms with Gasteiger partial charge in [-0.1, -0.05) is 37.5 Å². The molecule has 0 unspecified atom stereocenters. The second-order valence-electron chi connectivity index (χ2n) is 8.23. The van der Waals surface area contributed by atoms with Crippen LogP contribution in [0.3, 0.4) is 0 Å². The van der Waals surface area contributed by atoms with Crippen LogP contribution in [0, 0.1) is 0 Å². The topological polar surface area (TPSA) is 122 Å². The van der Waals surface area contributed by atoms with Crippen molar-refractivity contribution in [1.29, 1.82) is 0 Å². The van der Waals surface area contributed by atoms with Gasteiger partial charge in [0.2, 0.25) is 11.9 Å². The first-order valence-corrected chi connectivity index (χ1v) is 12.0. The number of allylic oxidation sites excluding steroid dienone is 5. The zero-order chi connectivity index (χ0) is 27.5. The highest BCUT2D eigenvalue weighted by molar-refractivity contribution is 6.00. The number of benzene rings is 1. The Bertz CT molecular complexity index is 1330. The molecule has 1 heterocycles. The zero-order valence-corrected chi connectivity index (χ0v) is 21.4. The van der Waals surface area contributed by atoms with E-state index in [0.29, 0.717) is 23.7 Å². The number of nitrogens with one attached hydrogen (secondary N) is 2. The molecule has 1 aromatic heterocycles. The van der Waals surface area contributed by atoms with E-state index in [9.17, 15) is 9.59 Å². The molecule has 1 aliphatic carbocycles. The number of amides is 2. The summed E-state index contributed by atoms with van der Waals surface area (Å²) in [5.74, 6) is -0.487. The van der Waals surface area contributed by atoms with Crippen LogP contribution in [0.15, 0.2) is 97.9 Å². The van der Waals surface area contributed by atoms with Gasteiger partial charge in [-0.05, 0) is 54.8 Å². The van der Waals surface area contributed by atoms with E-state index >= 15 is 0 Å². The minimum atomic E-state index is -0.669. The van der Waals surface area contributed by atoms with Gasteiger partial charge in [-0.2, -0.15) is 4.98 Å². The highest BCUT2D eigenvalue weighted by Gasteiger charge is 2.24. The van der Waals surface area contributed by atoms with Crippen molar-refractivity contribution in [2.45, 2.75) is 19.3 Å². The van der Waals surface area contributed by atoms with Crippen LogP contribution in [-0.4, -0.2) is 35.5 Å². The van der Waals surface area contributed by atoms with Gasteiger partial charge < -0.3 is 26.0 Å². The lowest BCUT2D eigenvalue weighted by atomic mass is 10.1. The fourth-order valence-electron chi connectivity index (χ4n) is 3.82. The van der Waals surface area contributed by atoms with Gasteiger partial charge in [0.15, 0.2) is 5.82 Å². The van der Waals surface area contributed by atoms with E-state index in [2.05, 4.69) is 46.4 Å². The Morgan fingerprint density at radius 3 is 2.68 bits per heavy atom.